The van der Waals surface area contributed by atoms with Crippen molar-refractivity contribution < 1.29 is 0 Å². The van der Waals surface area contributed by atoms with Crippen molar-refractivity contribution in [3.05, 3.63) is 29.6 Å². The molecule has 0 aliphatic carbocycles. The van der Waals surface area contributed by atoms with Gasteiger partial charge in [0.25, 0.3) is 0 Å². The lowest BCUT2D eigenvalue weighted by Crippen LogP contribution is -2.37. The van der Waals surface area contributed by atoms with Gasteiger partial charge in [0.05, 0.1) is 6.54 Å². The second kappa shape index (κ2) is 10.6. The molecule has 19 heavy (non-hydrogen) atoms. The summed E-state index contributed by atoms with van der Waals surface area (Å²) in [7, 11) is 0. The summed E-state index contributed by atoms with van der Waals surface area (Å²) in [6.07, 6.45) is 9.80. The molecule has 0 bridgehead atoms. The van der Waals surface area contributed by atoms with Crippen molar-refractivity contribution >= 4 is 29.9 Å². The number of nitrogens with zero attached hydrogens (tertiary/aromatic N) is 2. The number of guanidine groups is 1. The highest BCUT2D eigenvalue weighted by Crippen LogP contribution is 2.05. The van der Waals surface area contributed by atoms with E-state index in [9.17, 15) is 0 Å². The van der Waals surface area contributed by atoms with E-state index in [0.717, 1.165) is 25.5 Å². The highest BCUT2D eigenvalue weighted by atomic mass is 127. The minimum atomic E-state index is 0. The summed E-state index contributed by atoms with van der Waals surface area (Å²) in [6.45, 7) is 6.13. The lowest BCUT2D eigenvalue weighted by Gasteiger charge is -2.09. The Balaban J connectivity index is 0.00000324. The zero-order chi connectivity index (χ0) is 13.2. The van der Waals surface area contributed by atoms with Crippen LogP contribution in [0.3, 0.4) is 0 Å². The van der Waals surface area contributed by atoms with Gasteiger partial charge < -0.3 is 10.6 Å². The molecule has 0 spiro atoms. The van der Waals surface area contributed by atoms with Gasteiger partial charge in [0.2, 0.25) is 0 Å². The number of aryl methyl sites for hydroxylation is 1. The molecule has 2 N–H and O–H groups in total. The molecule has 0 aromatic carbocycles. The smallest absolute Gasteiger partial charge is 0.192 e. The molecule has 1 aromatic rings. The summed E-state index contributed by atoms with van der Waals surface area (Å²) >= 11 is 0. The van der Waals surface area contributed by atoms with Crippen LogP contribution >= 0.6 is 24.0 Å². The molecule has 0 saturated carbocycles. The number of pyridine rings is 1. The number of aromatic nitrogens is 1. The lowest BCUT2D eigenvalue weighted by molar-refractivity contribution is 0.853. The maximum Gasteiger partial charge on any atom is 0.192 e. The number of terminal acetylenes is 1. The van der Waals surface area contributed by atoms with Crippen LogP contribution in [0.1, 0.15) is 18.1 Å². The molecule has 0 fully saturated rings. The zero-order valence-electron chi connectivity index (χ0n) is 11.4. The van der Waals surface area contributed by atoms with E-state index < -0.39 is 0 Å². The Hall–Kier alpha value is -1.29. The van der Waals surface area contributed by atoms with Gasteiger partial charge in [0.1, 0.15) is 0 Å². The van der Waals surface area contributed by atoms with Gasteiger partial charge in [-0.1, -0.05) is 5.92 Å². The van der Waals surface area contributed by atoms with Crippen LogP contribution < -0.4 is 10.6 Å². The quantitative estimate of drug-likeness (QED) is 0.358. The fourth-order valence-corrected chi connectivity index (χ4v) is 1.55. The van der Waals surface area contributed by atoms with Crippen molar-refractivity contribution in [3.63, 3.8) is 0 Å². The fourth-order valence-electron chi connectivity index (χ4n) is 1.55. The van der Waals surface area contributed by atoms with E-state index in [-0.39, 0.29) is 24.0 Å². The predicted molar refractivity (Wildman–Crippen MR) is 90.9 cm³/mol. The Morgan fingerprint density at radius 3 is 2.89 bits per heavy atom. The maximum atomic E-state index is 5.21. The molecule has 1 rings (SSSR count). The molecule has 0 aliphatic heterocycles. The predicted octanol–water partition coefficient (Wildman–Crippen LogP) is 1.74. The standard InChI is InChI=1S/C14H20N4.HI/c1-4-8-17-14(16-5-2)18-10-7-13-6-9-15-11-12(13)3;/h1,6,9,11H,5,7-8,10H2,2-3H3,(H2,16,17,18);1H. The van der Waals surface area contributed by atoms with E-state index >= 15 is 0 Å². The number of halogens is 1. The monoisotopic (exact) mass is 372 g/mol. The average Bonchev–Trinajstić information content (AvgIpc) is 2.38. The van der Waals surface area contributed by atoms with Gasteiger partial charge in [-0.2, -0.15) is 0 Å². The summed E-state index contributed by atoms with van der Waals surface area (Å²) in [5.74, 6) is 3.30. The third-order valence-electron chi connectivity index (χ3n) is 2.49. The van der Waals surface area contributed by atoms with Crippen molar-refractivity contribution in [3.8, 4) is 12.3 Å². The molecule has 0 atom stereocenters. The van der Waals surface area contributed by atoms with Gasteiger partial charge >= 0.3 is 0 Å². The molecular weight excluding hydrogens is 351 g/mol. The highest BCUT2D eigenvalue weighted by Gasteiger charge is 1.98. The fraction of sp³-hybridized carbons (Fsp3) is 0.429. The summed E-state index contributed by atoms with van der Waals surface area (Å²) in [6, 6.07) is 2.03. The van der Waals surface area contributed by atoms with E-state index in [4.69, 9.17) is 6.42 Å². The molecule has 4 nitrogen and oxygen atoms in total. The minimum absolute atomic E-state index is 0. The number of aliphatic imine (C=N–C) groups is 1. The minimum Gasteiger partial charge on any atom is -0.357 e. The molecule has 5 heteroatoms. The summed E-state index contributed by atoms with van der Waals surface area (Å²) in [5.41, 5.74) is 2.48. The molecule has 0 saturated heterocycles. The van der Waals surface area contributed by atoms with E-state index in [1.54, 1.807) is 0 Å². The molecule has 1 aromatic heterocycles. The van der Waals surface area contributed by atoms with Crippen molar-refractivity contribution in [2.45, 2.75) is 20.3 Å². The molecule has 0 unspecified atom stereocenters. The second-order valence-electron chi connectivity index (χ2n) is 3.87. The Labute approximate surface area is 132 Å². The summed E-state index contributed by atoms with van der Waals surface area (Å²) in [5, 5.41) is 6.21. The first-order valence-corrected chi connectivity index (χ1v) is 6.13. The number of hydrogen-bond acceptors (Lipinski definition) is 2. The van der Waals surface area contributed by atoms with Crippen molar-refractivity contribution in [2.24, 2.45) is 4.99 Å². The topological polar surface area (TPSA) is 49.3 Å². The summed E-state index contributed by atoms with van der Waals surface area (Å²) in [4.78, 5) is 8.54. The van der Waals surface area contributed by atoms with Gasteiger partial charge in [0.15, 0.2) is 5.96 Å². The Morgan fingerprint density at radius 2 is 2.26 bits per heavy atom. The third-order valence-corrected chi connectivity index (χ3v) is 2.49. The maximum absolute atomic E-state index is 5.21. The number of hydrogen-bond donors (Lipinski definition) is 2. The van der Waals surface area contributed by atoms with E-state index in [0.29, 0.717) is 6.54 Å². The van der Waals surface area contributed by atoms with Crippen LogP contribution in [-0.4, -0.2) is 30.6 Å². The van der Waals surface area contributed by atoms with Gasteiger partial charge in [-0.25, -0.2) is 0 Å². The molecular formula is C14H21IN4. The van der Waals surface area contributed by atoms with E-state index in [1.807, 2.05) is 25.4 Å². The molecule has 0 aliphatic rings. The zero-order valence-corrected chi connectivity index (χ0v) is 13.8. The largest absolute Gasteiger partial charge is 0.357 e. The van der Waals surface area contributed by atoms with Crippen molar-refractivity contribution in [1.29, 1.82) is 0 Å². The van der Waals surface area contributed by atoms with Gasteiger partial charge in [-0.15, -0.1) is 30.4 Å². The second-order valence-corrected chi connectivity index (χ2v) is 3.87. The van der Waals surface area contributed by atoms with Crippen LogP contribution in [-0.2, 0) is 6.42 Å². The van der Waals surface area contributed by atoms with E-state index in [2.05, 4.69) is 33.5 Å². The lowest BCUT2D eigenvalue weighted by atomic mass is 10.1. The van der Waals surface area contributed by atoms with E-state index in [1.165, 1.54) is 11.1 Å². The van der Waals surface area contributed by atoms with Crippen LogP contribution in [0.15, 0.2) is 23.5 Å². The first kappa shape index (κ1) is 17.7. The van der Waals surface area contributed by atoms with Crippen molar-refractivity contribution in [2.75, 3.05) is 19.6 Å². The Kier molecular flexibility index (Phi) is 9.90. The molecule has 1 heterocycles. The Bertz CT molecular complexity index is 437. The van der Waals surface area contributed by atoms with Crippen LogP contribution in [0, 0.1) is 19.3 Å². The highest BCUT2D eigenvalue weighted by molar-refractivity contribution is 14.0. The van der Waals surface area contributed by atoms with Crippen LogP contribution in [0.2, 0.25) is 0 Å². The summed E-state index contributed by atoms with van der Waals surface area (Å²) < 4.78 is 0. The molecule has 0 amide bonds. The number of nitrogens with one attached hydrogen (secondary N) is 2. The average molecular weight is 372 g/mol. The van der Waals surface area contributed by atoms with Crippen LogP contribution in [0.4, 0.5) is 0 Å². The molecule has 0 radical (unpaired) electrons. The van der Waals surface area contributed by atoms with Gasteiger partial charge in [-0.05, 0) is 37.5 Å². The van der Waals surface area contributed by atoms with Gasteiger partial charge in [0, 0.05) is 25.5 Å². The number of rotatable bonds is 5. The SMILES string of the molecule is C#CCNC(=NCCc1ccncc1C)NCC.I. The third kappa shape index (κ3) is 7.01. The normalized spacial score (nSPS) is 10.3. The Morgan fingerprint density at radius 1 is 1.47 bits per heavy atom. The first-order chi connectivity index (χ1) is 8.77. The van der Waals surface area contributed by atoms with Crippen LogP contribution in [0.5, 0.6) is 0 Å². The van der Waals surface area contributed by atoms with Crippen molar-refractivity contribution in [1.82, 2.24) is 15.6 Å². The van der Waals surface area contributed by atoms with Crippen LogP contribution in [0.25, 0.3) is 0 Å². The molecule has 104 valence electrons. The van der Waals surface area contributed by atoms with Gasteiger partial charge in [-0.3, -0.25) is 9.98 Å². The first-order valence-electron chi connectivity index (χ1n) is 6.13.